The summed E-state index contributed by atoms with van der Waals surface area (Å²) < 4.78 is 0. The van der Waals surface area contributed by atoms with E-state index in [-0.39, 0.29) is 6.04 Å². The highest BCUT2D eigenvalue weighted by atomic mass is 16.3. The SMILES string of the molecule is CC[C@H](N)[C@@H](O)c1cncnc1. The van der Waals surface area contributed by atoms with Crippen LogP contribution < -0.4 is 5.73 Å². The van der Waals surface area contributed by atoms with Crippen molar-refractivity contribution >= 4 is 0 Å². The van der Waals surface area contributed by atoms with Gasteiger partial charge in [-0.25, -0.2) is 9.97 Å². The third kappa shape index (κ3) is 1.99. The van der Waals surface area contributed by atoms with E-state index in [2.05, 4.69) is 9.97 Å². The molecule has 0 aliphatic rings. The van der Waals surface area contributed by atoms with Crippen LogP contribution in [0.4, 0.5) is 0 Å². The highest BCUT2D eigenvalue weighted by Gasteiger charge is 2.14. The Labute approximate surface area is 71.5 Å². The van der Waals surface area contributed by atoms with Gasteiger partial charge in [-0.05, 0) is 6.42 Å². The first-order valence-electron chi connectivity index (χ1n) is 3.94. The first-order chi connectivity index (χ1) is 5.75. The van der Waals surface area contributed by atoms with Crippen molar-refractivity contribution in [3.63, 3.8) is 0 Å². The van der Waals surface area contributed by atoms with E-state index < -0.39 is 6.10 Å². The molecule has 4 nitrogen and oxygen atoms in total. The number of rotatable bonds is 3. The number of nitrogens with zero attached hydrogens (tertiary/aromatic N) is 2. The molecule has 3 N–H and O–H groups in total. The number of nitrogens with two attached hydrogens (primary N) is 1. The average Bonchev–Trinajstić information content (AvgIpc) is 2.17. The van der Waals surface area contributed by atoms with Crippen molar-refractivity contribution in [3.05, 3.63) is 24.3 Å². The quantitative estimate of drug-likeness (QED) is 0.676. The summed E-state index contributed by atoms with van der Waals surface area (Å²) >= 11 is 0. The van der Waals surface area contributed by atoms with Gasteiger partial charge in [-0.2, -0.15) is 0 Å². The van der Waals surface area contributed by atoms with E-state index in [9.17, 15) is 5.11 Å². The summed E-state index contributed by atoms with van der Waals surface area (Å²) in [5.41, 5.74) is 6.32. The molecule has 1 heterocycles. The normalized spacial score (nSPS) is 15.6. The van der Waals surface area contributed by atoms with Crippen LogP contribution in [0.1, 0.15) is 25.0 Å². The van der Waals surface area contributed by atoms with Gasteiger partial charge in [-0.1, -0.05) is 6.92 Å². The first-order valence-corrected chi connectivity index (χ1v) is 3.94. The van der Waals surface area contributed by atoms with Crippen LogP contribution in [0.15, 0.2) is 18.7 Å². The van der Waals surface area contributed by atoms with Gasteiger partial charge in [0.2, 0.25) is 0 Å². The zero-order valence-corrected chi connectivity index (χ0v) is 7.01. The van der Waals surface area contributed by atoms with Crippen LogP contribution in [0.3, 0.4) is 0 Å². The third-order valence-corrected chi connectivity index (χ3v) is 1.80. The minimum Gasteiger partial charge on any atom is -0.387 e. The second-order valence-electron chi connectivity index (χ2n) is 2.69. The molecule has 0 bridgehead atoms. The Bertz CT molecular complexity index is 227. The molecule has 0 fully saturated rings. The van der Waals surface area contributed by atoms with Gasteiger partial charge in [0.15, 0.2) is 0 Å². The number of aliphatic hydroxyl groups is 1. The van der Waals surface area contributed by atoms with Gasteiger partial charge in [0, 0.05) is 24.0 Å². The summed E-state index contributed by atoms with van der Waals surface area (Å²) in [4.78, 5) is 7.59. The molecular weight excluding hydrogens is 154 g/mol. The van der Waals surface area contributed by atoms with Crippen molar-refractivity contribution in [3.8, 4) is 0 Å². The highest BCUT2D eigenvalue weighted by molar-refractivity contribution is 5.08. The van der Waals surface area contributed by atoms with E-state index in [0.717, 1.165) is 6.42 Å². The van der Waals surface area contributed by atoms with Gasteiger partial charge >= 0.3 is 0 Å². The molecule has 0 amide bonds. The maximum absolute atomic E-state index is 9.58. The summed E-state index contributed by atoms with van der Waals surface area (Å²) in [7, 11) is 0. The fourth-order valence-electron chi connectivity index (χ4n) is 0.934. The number of aromatic nitrogens is 2. The van der Waals surface area contributed by atoms with Gasteiger partial charge in [-0.3, -0.25) is 0 Å². The Morgan fingerprint density at radius 3 is 2.58 bits per heavy atom. The Morgan fingerprint density at radius 2 is 2.08 bits per heavy atom. The summed E-state index contributed by atoms with van der Waals surface area (Å²) in [6, 6.07) is -0.240. The third-order valence-electron chi connectivity index (χ3n) is 1.80. The molecule has 0 unspecified atom stereocenters. The number of hydrogen-bond acceptors (Lipinski definition) is 4. The van der Waals surface area contributed by atoms with Crippen molar-refractivity contribution in [2.24, 2.45) is 5.73 Å². The van der Waals surface area contributed by atoms with Crippen molar-refractivity contribution in [1.82, 2.24) is 9.97 Å². The minimum atomic E-state index is -0.656. The standard InChI is InChI=1S/C8H13N3O/c1-2-7(9)8(12)6-3-10-5-11-4-6/h3-5,7-8,12H,2,9H2,1H3/t7-,8-/m0/s1. The molecule has 1 rings (SSSR count). The van der Waals surface area contributed by atoms with Gasteiger partial charge in [0.05, 0.1) is 6.10 Å². The van der Waals surface area contributed by atoms with Crippen LogP contribution in [0.2, 0.25) is 0 Å². The number of aliphatic hydroxyl groups excluding tert-OH is 1. The van der Waals surface area contributed by atoms with Crippen LogP contribution in [0.25, 0.3) is 0 Å². The molecule has 0 aliphatic carbocycles. The van der Waals surface area contributed by atoms with E-state index >= 15 is 0 Å². The summed E-state index contributed by atoms with van der Waals surface area (Å²) in [5, 5.41) is 9.58. The molecular formula is C8H13N3O. The van der Waals surface area contributed by atoms with E-state index in [0.29, 0.717) is 5.56 Å². The molecule has 0 aliphatic heterocycles. The molecule has 0 aromatic carbocycles. The van der Waals surface area contributed by atoms with Crippen molar-refractivity contribution < 1.29 is 5.11 Å². The zero-order chi connectivity index (χ0) is 8.97. The van der Waals surface area contributed by atoms with E-state index in [1.165, 1.54) is 6.33 Å². The maximum atomic E-state index is 9.58. The molecule has 2 atom stereocenters. The molecule has 0 radical (unpaired) electrons. The Balaban J connectivity index is 2.71. The van der Waals surface area contributed by atoms with Crippen molar-refractivity contribution in [1.29, 1.82) is 0 Å². The topological polar surface area (TPSA) is 72.0 Å². The molecule has 0 saturated heterocycles. The van der Waals surface area contributed by atoms with Crippen LogP contribution in [0.5, 0.6) is 0 Å². The molecule has 4 heteroatoms. The fraction of sp³-hybridized carbons (Fsp3) is 0.500. The lowest BCUT2D eigenvalue weighted by molar-refractivity contribution is 0.143. The average molecular weight is 167 g/mol. The maximum Gasteiger partial charge on any atom is 0.115 e. The smallest absolute Gasteiger partial charge is 0.115 e. The molecule has 0 spiro atoms. The Hall–Kier alpha value is -1.00. The molecule has 1 aromatic heterocycles. The second-order valence-corrected chi connectivity index (χ2v) is 2.69. The monoisotopic (exact) mass is 167 g/mol. The van der Waals surface area contributed by atoms with Crippen molar-refractivity contribution in [2.75, 3.05) is 0 Å². The van der Waals surface area contributed by atoms with Gasteiger partial charge < -0.3 is 10.8 Å². The lowest BCUT2D eigenvalue weighted by Crippen LogP contribution is -2.27. The Morgan fingerprint density at radius 1 is 1.50 bits per heavy atom. The Kier molecular flexibility index (Phi) is 3.13. The summed E-state index contributed by atoms with van der Waals surface area (Å²) in [5.74, 6) is 0. The minimum absolute atomic E-state index is 0.240. The molecule has 66 valence electrons. The van der Waals surface area contributed by atoms with Gasteiger partial charge in [0.1, 0.15) is 6.33 Å². The van der Waals surface area contributed by atoms with Gasteiger partial charge in [-0.15, -0.1) is 0 Å². The van der Waals surface area contributed by atoms with Crippen molar-refractivity contribution in [2.45, 2.75) is 25.5 Å². The highest BCUT2D eigenvalue weighted by Crippen LogP contribution is 2.14. The zero-order valence-electron chi connectivity index (χ0n) is 7.01. The number of hydrogen-bond donors (Lipinski definition) is 2. The van der Waals surface area contributed by atoms with Crippen LogP contribution in [-0.4, -0.2) is 21.1 Å². The van der Waals surface area contributed by atoms with Gasteiger partial charge in [0.25, 0.3) is 0 Å². The molecule has 12 heavy (non-hydrogen) atoms. The lowest BCUT2D eigenvalue weighted by atomic mass is 10.0. The largest absolute Gasteiger partial charge is 0.387 e. The second kappa shape index (κ2) is 4.13. The van der Waals surface area contributed by atoms with Crippen LogP contribution in [-0.2, 0) is 0 Å². The van der Waals surface area contributed by atoms with E-state index in [1.807, 2.05) is 6.92 Å². The van der Waals surface area contributed by atoms with Crippen LogP contribution in [0, 0.1) is 0 Å². The predicted octanol–water partition coefficient (Wildman–Crippen LogP) is 0.247. The summed E-state index contributed by atoms with van der Waals surface area (Å²) in [6.07, 6.45) is 4.65. The predicted molar refractivity (Wildman–Crippen MR) is 45.3 cm³/mol. The first kappa shape index (κ1) is 9.09. The summed E-state index contributed by atoms with van der Waals surface area (Å²) in [6.45, 7) is 1.93. The van der Waals surface area contributed by atoms with Crippen LogP contribution >= 0.6 is 0 Å². The van der Waals surface area contributed by atoms with E-state index in [4.69, 9.17) is 5.73 Å². The fourth-order valence-corrected chi connectivity index (χ4v) is 0.934. The van der Waals surface area contributed by atoms with E-state index in [1.54, 1.807) is 12.4 Å². The lowest BCUT2D eigenvalue weighted by Gasteiger charge is -2.16. The molecule has 1 aromatic rings. The molecule has 0 saturated carbocycles.